The molecule has 0 aromatic carbocycles. The fourth-order valence-electron chi connectivity index (χ4n) is 1.11. The van der Waals surface area contributed by atoms with Gasteiger partial charge in [-0.2, -0.15) is 4.37 Å². The molecule has 0 aliphatic rings. The van der Waals surface area contributed by atoms with Crippen molar-refractivity contribution in [3.63, 3.8) is 0 Å². The van der Waals surface area contributed by atoms with Crippen LogP contribution in [0.25, 0.3) is 5.57 Å². The average molecular weight is 225 g/mol. The molecule has 1 heterocycles. The fraction of sp³-hybridized carbons (Fsp3) is 0.500. The van der Waals surface area contributed by atoms with E-state index in [1.165, 1.54) is 11.5 Å². The van der Waals surface area contributed by atoms with Crippen molar-refractivity contribution in [3.05, 3.63) is 16.9 Å². The molecular weight excluding hydrogens is 210 g/mol. The van der Waals surface area contributed by atoms with Gasteiger partial charge in [-0.05, 0) is 39.2 Å². The second kappa shape index (κ2) is 5.02. The lowest BCUT2D eigenvalue weighted by Crippen LogP contribution is -2.31. The third kappa shape index (κ3) is 3.13. The molecule has 0 saturated carbocycles. The largest absolute Gasteiger partial charge is 0.350 e. The number of nitrogens with zero attached hydrogens (tertiary/aromatic N) is 2. The van der Waals surface area contributed by atoms with Crippen molar-refractivity contribution < 1.29 is 4.79 Å². The van der Waals surface area contributed by atoms with E-state index in [0.717, 1.165) is 5.01 Å². The van der Waals surface area contributed by atoms with E-state index in [4.69, 9.17) is 0 Å². The molecule has 0 fully saturated rings. The molecule has 0 atom stereocenters. The third-order valence-corrected chi connectivity index (χ3v) is 2.34. The summed E-state index contributed by atoms with van der Waals surface area (Å²) in [4.78, 5) is 15.9. The number of carbonyl (C=O) groups is 1. The Balaban J connectivity index is 2.86. The van der Waals surface area contributed by atoms with Gasteiger partial charge in [0.15, 0.2) is 5.82 Å². The summed E-state index contributed by atoms with van der Waals surface area (Å²) in [7, 11) is 0. The van der Waals surface area contributed by atoms with Gasteiger partial charge in [0.2, 0.25) is 0 Å². The zero-order chi connectivity index (χ0) is 11.4. The molecule has 1 N–H and O–H groups in total. The Morgan fingerprint density at radius 2 is 2.20 bits per heavy atom. The maximum absolute atomic E-state index is 11.7. The van der Waals surface area contributed by atoms with Crippen molar-refractivity contribution in [2.45, 2.75) is 33.7 Å². The summed E-state index contributed by atoms with van der Waals surface area (Å²) in [6.07, 6.45) is 1.74. The van der Waals surface area contributed by atoms with Crippen molar-refractivity contribution >= 4 is 23.0 Å². The highest BCUT2D eigenvalue weighted by Gasteiger charge is 2.15. The summed E-state index contributed by atoms with van der Waals surface area (Å²) in [6, 6.07) is 0.118. The highest BCUT2D eigenvalue weighted by molar-refractivity contribution is 7.05. The van der Waals surface area contributed by atoms with Gasteiger partial charge in [-0.25, -0.2) is 4.98 Å². The van der Waals surface area contributed by atoms with Crippen molar-refractivity contribution in [3.8, 4) is 0 Å². The van der Waals surface area contributed by atoms with Crippen LogP contribution in [0.2, 0.25) is 0 Å². The quantitative estimate of drug-likeness (QED) is 0.798. The second-order valence-corrected chi connectivity index (χ2v) is 4.42. The molecule has 1 amide bonds. The number of rotatable bonds is 3. The van der Waals surface area contributed by atoms with Crippen LogP contribution in [0.5, 0.6) is 0 Å². The Bertz CT molecular complexity index is 382. The molecule has 15 heavy (non-hydrogen) atoms. The summed E-state index contributed by atoms with van der Waals surface area (Å²) in [6.45, 7) is 7.52. The van der Waals surface area contributed by atoms with Gasteiger partial charge in [0.25, 0.3) is 5.91 Å². The summed E-state index contributed by atoms with van der Waals surface area (Å²) < 4.78 is 4.12. The molecule has 0 unspecified atom stereocenters. The number of amides is 1. The smallest absolute Gasteiger partial charge is 0.255 e. The number of carbonyl (C=O) groups excluding carboxylic acids is 1. The minimum absolute atomic E-state index is 0.118. The van der Waals surface area contributed by atoms with Crippen LogP contribution in [0.1, 0.15) is 31.6 Å². The molecule has 0 spiro atoms. The number of hydrogen-bond donors (Lipinski definition) is 1. The van der Waals surface area contributed by atoms with Crippen LogP contribution in [0.15, 0.2) is 6.08 Å². The minimum Gasteiger partial charge on any atom is -0.350 e. The Kier molecular flexibility index (Phi) is 3.96. The maximum Gasteiger partial charge on any atom is 0.255 e. The summed E-state index contributed by atoms with van der Waals surface area (Å²) in [5, 5.41) is 3.68. The molecule has 1 aromatic rings. The van der Waals surface area contributed by atoms with Gasteiger partial charge in [-0.15, -0.1) is 0 Å². The van der Waals surface area contributed by atoms with Crippen LogP contribution in [0.4, 0.5) is 0 Å². The zero-order valence-electron chi connectivity index (χ0n) is 9.37. The lowest BCUT2D eigenvalue weighted by molar-refractivity contribution is -0.116. The van der Waals surface area contributed by atoms with Gasteiger partial charge in [0.05, 0.1) is 5.57 Å². The minimum atomic E-state index is -0.120. The van der Waals surface area contributed by atoms with E-state index in [0.29, 0.717) is 11.4 Å². The molecule has 0 saturated heterocycles. The lowest BCUT2D eigenvalue weighted by Gasteiger charge is -2.08. The standard InChI is InChI=1S/C10H15N3OS/c1-5-8(10(14)11-6(2)3)9-12-7(4)15-13-9/h5-6H,1-4H3,(H,11,14)/b8-5-. The monoisotopic (exact) mass is 225 g/mol. The Hall–Kier alpha value is -1.23. The molecule has 4 nitrogen and oxygen atoms in total. The molecule has 5 heteroatoms. The maximum atomic E-state index is 11.7. The number of allylic oxidation sites excluding steroid dienone is 1. The van der Waals surface area contributed by atoms with Crippen LogP contribution >= 0.6 is 11.5 Å². The summed E-state index contributed by atoms with van der Waals surface area (Å²) >= 11 is 1.30. The lowest BCUT2D eigenvalue weighted by atomic mass is 10.2. The van der Waals surface area contributed by atoms with E-state index < -0.39 is 0 Å². The van der Waals surface area contributed by atoms with E-state index in [2.05, 4.69) is 14.7 Å². The van der Waals surface area contributed by atoms with Crippen LogP contribution < -0.4 is 5.32 Å². The molecule has 0 aliphatic heterocycles. The first-order valence-electron chi connectivity index (χ1n) is 4.82. The van der Waals surface area contributed by atoms with Crippen molar-refractivity contribution in [2.75, 3.05) is 0 Å². The van der Waals surface area contributed by atoms with Crippen molar-refractivity contribution in [1.29, 1.82) is 0 Å². The van der Waals surface area contributed by atoms with Crippen LogP contribution in [-0.4, -0.2) is 21.3 Å². The SMILES string of the molecule is C/C=C(\C(=O)NC(C)C)c1nsc(C)n1. The van der Waals surface area contributed by atoms with E-state index in [1.54, 1.807) is 6.08 Å². The first-order chi connectivity index (χ1) is 7.04. The predicted octanol–water partition coefficient (Wildman–Crippen LogP) is 1.77. The van der Waals surface area contributed by atoms with Crippen LogP contribution in [-0.2, 0) is 4.79 Å². The topological polar surface area (TPSA) is 54.9 Å². The number of aromatic nitrogens is 2. The highest BCUT2D eigenvalue weighted by atomic mass is 32.1. The van der Waals surface area contributed by atoms with Crippen LogP contribution in [0, 0.1) is 6.92 Å². The Morgan fingerprint density at radius 1 is 1.53 bits per heavy atom. The number of aryl methyl sites for hydroxylation is 1. The zero-order valence-corrected chi connectivity index (χ0v) is 10.2. The van der Waals surface area contributed by atoms with Gasteiger partial charge in [-0.1, -0.05) is 6.08 Å². The van der Waals surface area contributed by atoms with Crippen molar-refractivity contribution in [2.24, 2.45) is 0 Å². The number of nitrogens with one attached hydrogen (secondary N) is 1. The molecule has 82 valence electrons. The summed E-state index contributed by atoms with van der Waals surface area (Å²) in [5.74, 6) is 0.392. The molecule has 1 rings (SSSR count). The van der Waals surface area contributed by atoms with E-state index in [-0.39, 0.29) is 11.9 Å². The van der Waals surface area contributed by atoms with E-state index in [1.807, 2.05) is 27.7 Å². The van der Waals surface area contributed by atoms with E-state index in [9.17, 15) is 4.79 Å². The molecule has 1 aromatic heterocycles. The highest BCUT2D eigenvalue weighted by Crippen LogP contribution is 2.13. The normalized spacial score (nSPS) is 11.9. The first-order valence-corrected chi connectivity index (χ1v) is 5.59. The third-order valence-electron chi connectivity index (χ3n) is 1.72. The Morgan fingerprint density at radius 3 is 2.60 bits per heavy atom. The first kappa shape index (κ1) is 11.8. The molecular formula is C10H15N3OS. The van der Waals surface area contributed by atoms with Crippen molar-refractivity contribution in [1.82, 2.24) is 14.7 Å². The molecule has 0 aliphatic carbocycles. The van der Waals surface area contributed by atoms with Gasteiger partial charge < -0.3 is 5.32 Å². The van der Waals surface area contributed by atoms with Gasteiger partial charge >= 0.3 is 0 Å². The van der Waals surface area contributed by atoms with Gasteiger partial charge in [0.1, 0.15) is 5.01 Å². The fourth-order valence-corrected chi connectivity index (χ4v) is 1.60. The molecule has 0 radical (unpaired) electrons. The second-order valence-electron chi connectivity index (χ2n) is 3.47. The van der Waals surface area contributed by atoms with Gasteiger partial charge in [0, 0.05) is 6.04 Å². The predicted molar refractivity (Wildman–Crippen MR) is 61.6 cm³/mol. The number of hydrogen-bond acceptors (Lipinski definition) is 4. The van der Waals surface area contributed by atoms with Gasteiger partial charge in [-0.3, -0.25) is 4.79 Å². The molecule has 0 bridgehead atoms. The average Bonchev–Trinajstić information content (AvgIpc) is 2.51. The summed E-state index contributed by atoms with van der Waals surface area (Å²) in [5.41, 5.74) is 0.535. The Labute approximate surface area is 93.6 Å². The van der Waals surface area contributed by atoms with Crippen LogP contribution in [0.3, 0.4) is 0 Å². The van der Waals surface area contributed by atoms with E-state index >= 15 is 0 Å².